The third-order valence-electron chi connectivity index (χ3n) is 2.67. The van der Waals surface area contributed by atoms with Crippen molar-refractivity contribution in [1.82, 2.24) is 4.98 Å². The largest absolute Gasteiger partial charge is 0.497 e. The van der Waals surface area contributed by atoms with Gasteiger partial charge < -0.3 is 15.2 Å². The number of rotatable bonds is 4. The van der Waals surface area contributed by atoms with Gasteiger partial charge in [-0.3, -0.25) is 0 Å². The highest BCUT2D eigenvalue weighted by atomic mass is 16.5. The third kappa shape index (κ3) is 2.71. The van der Waals surface area contributed by atoms with Gasteiger partial charge in [-0.2, -0.15) is 0 Å². The second kappa shape index (κ2) is 5.40. The van der Waals surface area contributed by atoms with E-state index in [1.807, 2.05) is 31.2 Å². The number of aromatic nitrogens is 1. The number of ether oxygens (including phenoxy) is 2. The Kier molecular flexibility index (Phi) is 3.67. The lowest BCUT2D eigenvalue weighted by Gasteiger charge is -2.15. The van der Waals surface area contributed by atoms with Crippen LogP contribution in [0.25, 0.3) is 0 Å². The average molecular weight is 244 g/mol. The number of nitrogens with two attached hydrogens (primary N) is 1. The van der Waals surface area contributed by atoms with Crippen LogP contribution in [0.4, 0.5) is 5.69 Å². The SMILES string of the molecule is COc1ccc(C(C)Oc2ncccc2N)cc1. The van der Waals surface area contributed by atoms with E-state index in [2.05, 4.69) is 4.98 Å². The zero-order valence-corrected chi connectivity index (χ0v) is 10.5. The van der Waals surface area contributed by atoms with Crippen LogP contribution in [0, 0.1) is 0 Å². The summed E-state index contributed by atoms with van der Waals surface area (Å²) in [6.45, 7) is 1.95. The topological polar surface area (TPSA) is 57.4 Å². The van der Waals surface area contributed by atoms with Gasteiger partial charge in [0.2, 0.25) is 5.88 Å². The van der Waals surface area contributed by atoms with Crippen molar-refractivity contribution in [2.75, 3.05) is 12.8 Å². The molecule has 0 amide bonds. The van der Waals surface area contributed by atoms with Crippen LogP contribution in [0.15, 0.2) is 42.6 Å². The lowest BCUT2D eigenvalue weighted by Crippen LogP contribution is -2.06. The van der Waals surface area contributed by atoms with Gasteiger partial charge in [0.05, 0.1) is 12.8 Å². The molecule has 0 saturated carbocycles. The first-order valence-corrected chi connectivity index (χ1v) is 5.72. The highest BCUT2D eigenvalue weighted by Crippen LogP contribution is 2.25. The monoisotopic (exact) mass is 244 g/mol. The summed E-state index contributed by atoms with van der Waals surface area (Å²) in [5.74, 6) is 1.28. The predicted octanol–water partition coefficient (Wildman–Crippen LogP) is 2.81. The summed E-state index contributed by atoms with van der Waals surface area (Å²) in [6.07, 6.45) is 1.54. The molecule has 0 spiro atoms. The van der Waals surface area contributed by atoms with Crippen molar-refractivity contribution in [2.45, 2.75) is 13.0 Å². The first-order valence-electron chi connectivity index (χ1n) is 5.72. The van der Waals surface area contributed by atoms with Gasteiger partial charge in [-0.05, 0) is 36.8 Å². The van der Waals surface area contributed by atoms with Gasteiger partial charge >= 0.3 is 0 Å². The fourth-order valence-electron chi connectivity index (χ4n) is 1.61. The number of pyridine rings is 1. The van der Waals surface area contributed by atoms with Gasteiger partial charge in [-0.15, -0.1) is 0 Å². The van der Waals surface area contributed by atoms with Crippen molar-refractivity contribution < 1.29 is 9.47 Å². The highest BCUT2D eigenvalue weighted by molar-refractivity contribution is 5.47. The van der Waals surface area contributed by atoms with Crippen molar-refractivity contribution >= 4 is 5.69 Å². The van der Waals surface area contributed by atoms with E-state index in [1.165, 1.54) is 0 Å². The number of nitrogen functional groups attached to an aromatic ring is 1. The fourth-order valence-corrected chi connectivity index (χ4v) is 1.61. The van der Waals surface area contributed by atoms with E-state index in [1.54, 1.807) is 25.4 Å². The quantitative estimate of drug-likeness (QED) is 0.898. The minimum atomic E-state index is -0.117. The molecule has 1 aromatic heterocycles. The van der Waals surface area contributed by atoms with Crippen LogP contribution < -0.4 is 15.2 Å². The minimum Gasteiger partial charge on any atom is -0.497 e. The van der Waals surface area contributed by atoms with Crippen LogP contribution in [-0.4, -0.2) is 12.1 Å². The van der Waals surface area contributed by atoms with E-state index in [4.69, 9.17) is 15.2 Å². The summed E-state index contributed by atoms with van der Waals surface area (Å²) in [5.41, 5.74) is 7.37. The molecule has 4 heteroatoms. The second-order valence-corrected chi connectivity index (χ2v) is 3.93. The molecular formula is C14H16N2O2. The van der Waals surface area contributed by atoms with Gasteiger partial charge in [-0.25, -0.2) is 4.98 Å². The molecule has 18 heavy (non-hydrogen) atoms. The van der Waals surface area contributed by atoms with Gasteiger partial charge in [0, 0.05) is 6.20 Å². The molecule has 2 aromatic rings. The minimum absolute atomic E-state index is 0.117. The number of hydrogen-bond donors (Lipinski definition) is 1. The Morgan fingerprint density at radius 3 is 2.50 bits per heavy atom. The van der Waals surface area contributed by atoms with Crippen molar-refractivity contribution in [2.24, 2.45) is 0 Å². The maximum absolute atomic E-state index is 5.79. The molecule has 1 aromatic carbocycles. The number of methoxy groups -OCH3 is 1. The summed E-state index contributed by atoms with van der Waals surface area (Å²) < 4.78 is 10.8. The number of nitrogens with zero attached hydrogens (tertiary/aromatic N) is 1. The van der Waals surface area contributed by atoms with Gasteiger partial charge in [-0.1, -0.05) is 12.1 Å². The van der Waals surface area contributed by atoms with Crippen LogP contribution in [0.1, 0.15) is 18.6 Å². The normalized spacial score (nSPS) is 11.9. The fraction of sp³-hybridized carbons (Fsp3) is 0.214. The van der Waals surface area contributed by atoms with Crippen LogP contribution in [0.5, 0.6) is 11.6 Å². The molecule has 2 N–H and O–H groups in total. The molecule has 94 valence electrons. The summed E-state index contributed by atoms with van der Waals surface area (Å²) in [7, 11) is 1.64. The van der Waals surface area contributed by atoms with E-state index < -0.39 is 0 Å². The lowest BCUT2D eigenvalue weighted by molar-refractivity contribution is 0.219. The summed E-state index contributed by atoms with van der Waals surface area (Å²) >= 11 is 0. The smallest absolute Gasteiger partial charge is 0.237 e. The van der Waals surface area contributed by atoms with Gasteiger partial charge in [0.1, 0.15) is 11.9 Å². The predicted molar refractivity (Wildman–Crippen MR) is 70.7 cm³/mol. The van der Waals surface area contributed by atoms with Crippen molar-refractivity contribution in [3.63, 3.8) is 0 Å². The molecule has 2 rings (SSSR count). The Morgan fingerprint density at radius 1 is 1.17 bits per heavy atom. The maximum atomic E-state index is 5.79. The van der Waals surface area contributed by atoms with E-state index >= 15 is 0 Å². The average Bonchev–Trinajstić information content (AvgIpc) is 2.41. The zero-order chi connectivity index (χ0) is 13.0. The molecule has 1 heterocycles. The van der Waals surface area contributed by atoms with E-state index in [9.17, 15) is 0 Å². The Balaban J connectivity index is 2.11. The van der Waals surface area contributed by atoms with Crippen molar-refractivity contribution in [3.05, 3.63) is 48.2 Å². The third-order valence-corrected chi connectivity index (χ3v) is 2.67. The molecule has 1 atom stereocenters. The molecule has 0 bridgehead atoms. The molecule has 1 unspecified atom stereocenters. The van der Waals surface area contributed by atoms with Crippen LogP contribution in [-0.2, 0) is 0 Å². The van der Waals surface area contributed by atoms with Gasteiger partial charge in [0.15, 0.2) is 0 Å². The molecule has 0 radical (unpaired) electrons. The molecule has 0 aliphatic heterocycles. The molecule has 0 fully saturated rings. The zero-order valence-electron chi connectivity index (χ0n) is 10.5. The number of anilines is 1. The molecule has 0 aliphatic carbocycles. The molecule has 0 aliphatic rings. The van der Waals surface area contributed by atoms with E-state index in [-0.39, 0.29) is 6.10 Å². The van der Waals surface area contributed by atoms with Crippen molar-refractivity contribution in [1.29, 1.82) is 0 Å². The molecular weight excluding hydrogens is 228 g/mol. The highest BCUT2D eigenvalue weighted by Gasteiger charge is 2.10. The van der Waals surface area contributed by atoms with Crippen LogP contribution >= 0.6 is 0 Å². The van der Waals surface area contributed by atoms with E-state index in [0.717, 1.165) is 11.3 Å². The Labute approximate surface area is 106 Å². The Bertz CT molecular complexity index is 511. The number of hydrogen-bond acceptors (Lipinski definition) is 4. The first-order chi connectivity index (χ1) is 8.70. The van der Waals surface area contributed by atoms with Crippen LogP contribution in [0.3, 0.4) is 0 Å². The second-order valence-electron chi connectivity index (χ2n) is 3.93. The Hall–Kier alpha value is -2.23. The first kappa shape index (κ1) is 12.2. The van der Waals surface area contributed by atoms with E-state index in [0.29, 0.717) is 11.6 Å². The molecule has 0 saturated heterocycles. The summed E-state index contributed by atoms with van der Waals surface area (Å²) in [4.78, 5) is 4.11. The van der Waals surface area contributed by atoms with Crippen LogP contribution in [0.2, 0.25) is 0 Å². The standard InChI is InChI=1S/C14H16N2O2/c1-10(11-5-7-12(17-2)8-6-11)18-14-13(15)4-3-9-16-14/h3-10H,15H2,1-2H3. The number of benzene rings is 1. The lowest BCUT2D eigenvalue weighted by atomic mass is 10.1. The molecule has 4 nitrogen and oxygen atoms in total. The summed E-state index contributed by atoms with van der Waals surface area (Å²) in [5, 5.41) is 0. The Morgan fingerprint density at radius 2 is 1.89 bits per heavy atom. The van der Waals surface area contributed by atoms with Gasteiger partial charge in [0.25, 0.3) is 0 Å². The summed E-state index contributed by atoms with van der Waals surface area (Å²) in [6, 6.07) is 11.3. The van der Waals surface area contributed by atoms with Crippen molar-refractivity contribution in [3.8, 4) is 11.6 Å². The maximum Gasteiger partial charge on any atom is 0.237 e.